The molecule has 0 spiro atoms. The Labute approximate surface area is 60.7 Å². The lowest BCUT2D eigenvalue weighted by molar-refractivity contribution is -0.150. The quantitative estimate of drug-likeness (QED) is 0.543. The topological polar surface area (TPSA) is 38.3 Å². The number of esters is 1. The smallest absolute Gasteiger partial charge is 0.308 e. The highest BCUT2D eigenvalue weighted by atomic mass is 16.6. The Morgan fingerprint density at radius 2 is 2.40 bits per heavy atom. The van der Waals surface area contributed by atoms with E-state index in [1.165, 1.54) is 0 Å². The fourth-order valence-electron chi connectivity index (χ4n) is 1.12. The van der Waals surface area contributed by atoms with Crippen LogP contribution in [0.2, 0.25) is 0 Å². The van der Waals surface area contributed by atoms with E-state index in [1.807, 2.05) is 13.8 Å². The third kappa shape index (κ3) is 1.01. The van der Waals surface area contributed by atoms with E-state index >= 15 is 0 Å². The Balaban J connectivity index is 2.70. The molecule has 1 rings (SSSR count). The minimum absolute atomic E-state index is 0.107. The first-order chi connectivity index (χ1) is 4.58. The molecular formula is C7H13NO2. The fourth-order valence-corrected chi connectivity index (χ4v) is 1.12. The van der Waals surface area contributed by atoms with E-state index < -0.39 is 5.72 Å². The molecule has 0 bridgehead atoms. The van der Waals surface area contributed by atoms with Crippen LogP contribution >= 0.6 is 0 Å². The van der Waals surface area contributed by atoms with Crippen LogP contribution in [0.15, 0.2) is 0 Å². The number of ether oxygens (including phenoxy) is 1. The first-order valence-electron chi connectivity index (χ1n) is 3.49. The SMILES string of the molecule is CNC1(C)OC(=O)CC1C. The van der Waals surface area contributed by atoms with Gasteiger partial charge in [0.2, 0.25) is 0 Å². The maximum atomic E-state index is 10.8. The number of rotatable bonds is 1. The molecule has 0 saturated carbocycles. The van der Waals surface area contributed by atoms with Gasteiger partial charge in [0.1, 0.15) is 0 Å². The second-order valence-electron chi connectivity index (χ2n) is 2.94. The monoisotopic (exact) mass is 143 g/mol. The van der Waals surface area contributed by atoms with Gasteiger partial charge < -0.3 is 4.74 Å². The van der Waals surface area contributed by atoms with Gasteiger partial charge >= 0.3 is 5.97 Å². The zero-order chi connectivity index (χ0) is 7.78. The van der Waals surface area contributed by atoms with Gasteiger partial charge in [0.05, 0.1) is 6.42 Å². The van der Waals surface area contributed by atoms with Crippen molar-refractivity contribution in [2.45, 2.75) is 26.0 Å². The molecule has 0 aromatic carbocycles. The summed E-state index contributed by atoms with van der Waals surface area (Å²) in [5.74, 6) is 0.161. The average molecular weight is 143 g/mol. The van der Waals surface area contributed by atoms with Gasteiger partial charge in [-0.05, 0) is 14.0 Å². The lowest BCUT2D eigenvalue weighted by atomic mass is 9.99. The summed E-state index contributed by atoms with van der Waals surface area (Å²) in [6, 6.07) is 0. The average Bonchev–Trinajstić information content (AvgIpc) is 2.09. The molecule has 1 aliphatic heterocycles. The number of cyclic esters (lactones) is 1. The highest BCUT2D eigenvalue weighted by molar-refractivity contribution is 5.72. The first-order valence-corrected chi connectivity index (χ1v) is 3.49. The molecule has 1 N–H and O–H groups in total. The molecule has 0 aromatic rings. The summed E-state index contributed by atoms with van der Waals surface area (Å²) in [5, 5.41) is 2.98. The van der Waals surface area contributed by atoms with Gasteiger partial charge in [0.15, 0.2) is 5.72 Å². The van der Waals surface area contributed by atoms with Gasteiger partial charge in [-0.15, -0.1) is 0 Å². The molecule has 1 saturated heterocycles. The van der Waals surface area contributed by atoms with Crippen molar-refractivity contribution in [3.05, 3.63) is 0 Å². The van der Waals surface area contributed by atoms with Crippen LogP contribution in [0.1, 0.15) is 20.3 Å². The third-order valence-electron chi connectivity index (χ3n) is 2.24. The van der Waals surface area contributed by atoms with Gasteiger partial charge in [-0.1, -0.05) is 6.92 Å². The minimum atomic E-state index is -0.433. The highest BCUT2D eigenvalue weighted by Gasteiger charge is 2.41. The molecule has 0 aliphatic carbocycles. The fraction of sp³-hybridized carbons (Fsp3) is 0.857. The molecule has 0 amide bonds. The molecular weight excluding hydrogens is 130 g/mol. The summed E-state index contributed by atoms with van der Waals surface area (Å²) < 4.78 is 5.06. The largest absolute Gasteiger partial charge is 0.444 e. The summed E-state index contributed by atoms with van der Waals surface area (Å²) in [4.78, 5) is 10.8. The lowest BCUT2D eigenvalue weighted by Crippen LogP contribution is -2.43. The van der Waals surface area contributed by atoms with Gasteiger partial charge in [-0.25, -0.2) is 0 Å². The van der Waals surface area contributed by atoms with Crippen LogP contribution < -0.4 is 5.32 Å². The Morgan fingerprint density at radius 1 is 1.80 bits per heavy atom. The van der Waals surface area contributed by atoms with Crippen LogP contribution in [-0.2, 0) is 9.53 Å². The lowest BCUT2D eigenvalue weighted by Gasteiger charge is -2.25. The third-order valence-corrected chi connectivity index (χ3v) is 2.24. The minimum Gasteiger partial charge on any atom is -0.444 e. The Bertz CT molecular complexity index is 158. The zero-order valence-electron chi connectivity index (χ0n) is 6.60. The molecule has 3 heteroatoms. The number of carbonyl (C=O) groups excluding carboxylic acids is 1. The van der Waals surface area contributed by atoms with Crippen LogP contribution in [0.25, 0.3) is 0 Å². The molecule has 10 heavy (non-hydrogen) atoms. The van der Waals surface area contributed by atoms with E-state index in [0.717, 1.165) is 0 Å². The molecule has 1 heterocycles. The van der Waals surface area contributed by atoms with Crippen molar-refractivity contribution in [3.63, 3.8) is 0 Å². The van der Waals surface area contributed by atoms with Crippen LogP contribution in [0.3, 0.4) is 0 Å². The molecule has 3 nitrogen and oxygen atoms in total. The Hall–Kier alpha value is -0.570. The van der Waals surface area contributed by atoms with Crippen LogP contribution in [0.4, 0.5) is 0 Å². The van der Waals surface area contributed by atoms with E-state index in [2.05, 4.69) is 5.32 Å². The number of hydrogen-bond donors (Lipinski definition) is 1. The number of hydrogen-bond acceptors (Lipinski definition) is 3. The summed E-state index contributed by atoms with van der Waals surface area (Å²) in [5.41, 5.74) is -0.433. The Morgan fingerprint density at radius 3 is 2.60 bits per heavy atom. The molecule has 0 aromatic heterocycles. The summed E-state index contributed by atoms with van der Waals surface area (Å²) in [7, 11) is 1.80. The summed E-state index contributed by atoms with van der Waals surface area (Å²) in [6.45, 7) is 3.89. The van der Waals surface area contributed by atoms with E-state index in [0.29, 0.717) is 6.42 Å². The molecule has 1 aliphatic rings. The van der Waals surface area contributed by atoms with Gasteiger partial charge in [-0.3, -0.25) is 10.1 Å². The molecule has 58 valence electrons. The zero-order valence-corrected chi connectivity index (χ0v) is 6.60. The maximum Gasteiger partial charge on any atom is 0.308 e. The van der Waals surface area contributed by atoms with Crippen molar-refractivity contribution in [1.29, 1.82) is 0 Å². The maximum absolute atomic E-state index is 10.8. The van der Waals surface area contributed by atoms with Crippen LogP contribution in [-0.4, -0.2) is 18.7 Å². The predicted octanol–water partition coefficient (Wildman–Crippen LogP) is 0.505. The van der Waals surface area contributed by atoms with Crippen LogP contribution in [0.5, 0.6) is 0 Å². The van der Waals surface area contributed by atoms with E-state index in [9.17, 15) is 4.79 Å². The standard InChI is InChI=1S/C7H13NO2/c1-5-4-6(9)10-7(5,2)8-3/h5,8H,4H2,1-3H3. The molecule has 1 fully saturated rings. The normalized spacial score (nSPS) is 39.9. The van der Waals surface area contributed by atoms with Gasteiger partial charge in [0.25, 0.3) is 0 Å². The van der Waals surface area contributed by atoms with E-state index in [4.69, 9.17) is 4.74 Å². The molecule has 0 radical (unpaired) electrons. The van der Waals surface area contributed by atoms with Crippen molar-refractivity contribution < 1.29 is 9.53 Å². The highest BCUT2D eigenvalue weighted by Crippen LogP contribution is 2.29. The second kappa shape index (κ2) is 2.23. The van der Waals surface area contributed by atoms with Gasteiger partial charge in [-0.2, -0.15) is 0 Å². The van der Waals surface area contributed by atoms with Gasteiger partial charge in [0, 0.05) is 5.92 Å². The van der Waals surface area contributed by atoms with Crippen molar-refractivity contribution in [2.24, 2.45) is 5.92 Å². The first kappa shape index (κ1) is 7.54. The van der Waals surface area contributed by atoms with Crippen LogP contribution in [0, 0.1) is 5.92 Å². The number of carbonyl (C=O) groups is 1. The summed E-state index contributed by atoms with van der Waals surface area (Å²) >= 11 is 0. The van der Waals surface area contributed by atoms with Crippen molar-refractivity contribution in [1.82, 2.24) is 5.32 Å². The molecule has 2 unspecified atom stereocenters. The van der Waals surface area contributed by atoms with E-state index in [1.54, 1.807) is 7.05 Å². The van der Waals surface area contributed by atoms with E-state index in [-0.39, 0.29) is 11.9 Å². The Kier molecular flexibility index (Phi) is 1.68. The number of nitrogens with one attached hydrogen (secondary N) is 1. The summed E-state index contributed by atoms with van der Waals surface area (Å²) in [6.07, 6.45) is 0.525. The predicted molar refractivity (Wildman–Crippen MR) is 37.3 cm³/mol. The van der Waals surface area contributed by atoms with Crippen molar-refractivity contribution in [3.8, 4) is 0 Å². The molecule has 2 atom stereocenters. The van der Waals surface area contributed by atoms with Crippen molar-refractivity contribution in [2.75, 3.05) is 7.05 Å². The second-order valence-corrected chi connectivity index (χ2v) is 2.94. The van der Waals surface area contributed by atoms with Crippen molar-refractivity contribution >= 4 is 5.97 Å².